The highest BCUT2D eigenvalue weighted by atomic mass is 32.2. The number of carbonyl (C=O) groups excluding carboxylic acids is 1. The summed E-state index contributed by atoms with van der Waals surface area (Å²) in [6.45, 7) is 0. The summed E-state index contributed by atoms with van der Waals surface area (Å²) < 4.78 is 22.8. The molecule has 0 aliphatic heterocycles. The molecule has 1 aliphatic rings. The molecule has 0 radical (unpaired) electrons. The smallest absolute Gasteiger partial charge is 0.298 e. The lowest BCUT2D eigenvalue weighted by molar-refractivity contribution is -0.120. The summed E-state index contributed by atoms with van der Waals surface area (Å²) >= 11 is 0. The zero-order valence-electron chi connectivity index (χ0n) is 8.96. The Kier molecular flexibility index (Phi) is 5.79. The minimum Gasteiger partial charge on any atom is -0.412 e. The highest BCUT2D eigenvalue weighted by Crippen LogP contribution is 2.20. The number of allylic oxidation sites excluding steroid dienone is 2. The molecule has 0 fully saturated rings. The molecule has 17 heavy (non-hydrogen) atoms. The first-order chi connectivity index (χ1) is 7.40. The van der Waals surface area contributed by atoms with E-state index in [1.165, 1.54) is 0 Å². The van der Waals surface area contributed by atoms with Gasteiger partial charge in [0.2, 0.25) is 5.91 Å². The number of oxime groups is 1. The largest absolute Gasteiger partial charge is 0.412 e. The number of rotatable bonds is 3. The van der Waals surface area contributed by atoms with Crippen molar-refractivity contribution in [1.82, 2.24) is 4.72 Å². The maximum atomic E-state index is 11.2. The third-order valence-corrected chi connectivity index (χ3v) is 2.65. The molecule has 0 aromatic rings. The van der Waals surface area contributed by atoms with E-state index in [1.807, 2.05) is 0 Å². The van der Waals surface area contributed by atoms with Crippen LogP contribution in [0.25, 0.3) is 0 Å². The van der Waals surface area contributed by atoms with Crippen molar-refractivity contribution >= 4 is 21.8 Å². The van der Waals surface area contributed by atoms with Crippen LogP contribution < -0.4 is 9.86 Å². The number of hydrogen-bond acceptors (Lipinski definition) is 5. The second kappa shape index (κ2) is 6.33. The third-order valence-electron chi connectivity index (χ3n) is 2.14. The maximum Gasteiger partial charge on any atom is 0.298 e. The molecular formula is C8H15N3O5S. The lowest BCUT2D eigenvalue weighted by Crippen LogP contribution is -2.37. The Labute approximate surface area is 98.7 Å². The zero-order chi connectivity index (χ0) is 12.2. The van der Waals surface area contributed by atoms with Crippen LogP contribution in [-0.2, 0) is 15.0 Å². The van der Waals surface area contributed by atoms with E-state index in [1.54, 1.807) is 16.9 Å². The van der Waals surface area contributed by atoms with Gasteiger partial charge in [0.25, 0.3) is 10.2 Å². The molecule has 98 valence electrons. The number of nitrogens with one attached hydrogen (secondary N) is 1. The standard InChI is InChI=1S/C8H13N3O4S.H2O/c9-16(14,15)11-8(12)5-6-2-1-3-7(4-6)10-13;/h1,3,6,13H,2,4-5H2,(H,11,12)(H2,9,14,15);1H2. The summed E-state index contributed by atoms with van der Waals surface area (Å²) in [7, 11) is -3.99. The molecule has 1 amide bonds. The highest BCUT2D eigenvalue weighted by molar-refractivity contribution is 7.87. The molecule has 0 saturated carbocycles. The van der Waals surface area contributed by atoms with Gasteiger partial charge >= 0.3 is 0 Å². The first-order valence-corrected chi connectivity index (χ1v) is 6.16. The SMILES string of the molecule is NS(=O)(=O)NC(=O)CC1CC=CC(=NO)C1.O. The van der Waals surface area contributed by atoms with Crippen LogP contribution in [0.1, 0.15) is 19.3 Å². The molecule has 0 saturated heterocycles. The van der Waals surface area contributed by atoms with E-state index in [0.717, 1.165) is 0 Å². The fourth-order valence-corrected chi connectivity index (χ4v) is 1.94. The van der Waals surface area contributed by atoms with E-state index in [2.05, 4.69) is 10.3 Å². The van der Waals surface area contributed by atoms with Crippen LogP contribution in [0.5, 0.6) is 0 Å². The molecular weight excluding hydrogens is 250 g/mol. The van der Waals surface area contributed by atoms with Crippen molar-refractivity contribution in [2.45, 2.75) is 19.3 Å². The van der Waals surface area contributed by atoms with Crippen molar-refractivity contribution in [2.24, 2.45) is 16.2 Å². The first kappa shape index (κ1) is 15.6. The minimum atomic E-state index is -3.99. The summed E-state index contributed by atoms with van der Waals surface area (Å²) in [5.41, 5.74) is 0.472. The maximum absolute atomic E-state index is 11.2. The van der Waals surface area contributed by atoms with Crippen molar-refractivity contribution < 1.29 is 23.9 Å². The summed E-state index contributed by atoms with van der Waals surface area (Å²) in [5, 5.41) is 16.2. The van der Waals surface area contributed by atoms with E-state index < -0.39 is 16.1 Å². The molecule has 1 atom stereocenters. The number of nitrogens with zero attached hydrogens (tertiary/aromatic N) is 1. The average Bonchev–Trinajstić information content (AvgIpc) is 2.15. The predicted molar refractivity (Wildman–Crippen MR) is 60.6 cm³/mol. The number of hydrogen-bond donors (Lipinski definition) is 3. The zero-order valence-corrected chi connectivity index (χ0v) is 9.77. The first-order valence-electron chi connectivity index (χ1n) is 4.61. The molecule has 9 heteroatoms. The monoisotopic (exact) mass is 265 g/mol. The van der Waals surface area contributed by atoms with Gasteiger partial charge in [-0.3, -0.25) is 4.79 Å². The molecule has 0 bridgehead atoms. The number of carbonyl (C=O) groups is 1. The normalized spacial score (nSPS) is 21.9. The summed E-state index contributed by atoms with van der Waals surface area (Å²) in [6.07, 6.45) is 4.53. The molecule has 0 spiro atoms. The molecule has 8 nitrogen and oxygen atoms in total. The van der Waals surface area contributed by atoms with Gasteiger partial charge in [-0.05, 0) is 24.8 Å². The van der Waals surface area contributed by atoms with Crippen LogP contribution in [0.3, 0.4) is 0 Å². The van der Waals surface area contributed by atoms with E-state index in [-0.39, 0.29) is 17.8 Å². The number of amides is 1. The van der Waals surface area contributed by atoms with Crippen molar-refractivity contribution in [2.75, 3.05) is 0 Å². The van der Waals surface area contributed by atoms with Gasteiger partial charge < -0.3 is 10.7 Å². The van der Waals surface area contributed by atoms with E-state index >= 15 is 0 Å². The van der Waals surface area contributed by atoms with Gasteiger partial charge in [-0.2, -0.15) is 8.42 Å². The van der Waals surface area contributed by atoms with Crippen LogP contribution >= 0.6 is 0 Å². The van der Waals surface area contributed by atoms with Crippen molar-refractivity contribution in [3.05, 3.63) is 12.2 Å². The number of nitrogens with two attached hydrogens (primary N) is 1. The van der Waals surface area contributed by atoms with Gasteiger partial charge in [-0.25, -0.2) is 9.86 Å². The van der Waals surface area contributed by atoms with Crippen molar-refractivity contribution in [1.29, 1.82) is 0 Å². The van der Waals surface area contributed by atoms with Crippen LogP contribution in [0.2, 0.25) is 0 Å². The van der Waals surface area contributed by atoms with E-state index in [0.29, 0.717) is 18.6 Å². The summed E-state index contributed by atoms with van der Waals surface area (Å²) in [4.78, 5) is 11.2. The van der Waals surface area contributed by atoms with E-state index in [4.69, 9.17) is 5.21 Å². The molecule has 6 N–H and O–H groups in total. The molecule has 0 aromatic carbocycles. The second-order valence-corrected chi connectivity index (χ2v) is 4.87. The van der Waals surface area contributed by atoms with Gasteiger partial charge in [-0.15, -0.1) is 0 Å². The van der Waals surface area contributed by atoms with Crippen LogP contribution in [0.15, 0.2) is 17.3 Å². The van der Waals surface area contributed by atoms with Crippen molar-refractivity contribution in [3.63, 3.8) is 0 Å². The Morgan fingerprint density at radius 3 is 2.82 bits per heavy atom. The quantitative estimate of drug-likeness (QED) is 0.427. The Morgan fingerprint density at radius 1 is 1.65 bits per heavy atom. The summed E-state index contributed by atoms with van der Waals surface area (Å²) in [6, 6.07) is 0. The van der Waals surface area contributed by atoms with Crippen LogP contribution in [0, 0.1) is 5.92 Å². The molecule has 1 rings (SSSR count). The highest BCUT2D eigenvalue weighted by Gasteiger charge is 2.19. The lowest BCUT2D eigenvalue weighted by atomic mass is 9.90. The summed E-state index contributed by atoms with van der Waals surface area (Å²) in [5.74, 6) is -0.724. The topological polar surface area (TPSA) is 153 Å². The van der Waals surface area contributed by atoms with Crippen LogP contribution in [-0.4, -0.2) is 30.7 Å². The molecule has 0 aromatic heterocycles. The second-order valence-electron chi connectivity index (χ2n) is 3.57. The fourth-order valence-electron chi connectivity index (χ4n) is 1.54. The van der Waals surface area contributed by atoms with Crippen molar-refractivity contribution in [3.8, 4) is 0 Å². The van der Waals surface area contributed by atoms with Gasteiger partial charge in [0, 0.05) is 6.42 Å². The molecule has 1 unspecified atom stereocenters. The van der Waals surface area contributed by atoms with Gasteiger partial charge in [-0.1, -0.05) is 11.2 Å². The minimum absolute atomic E-state index is 0. The molecule has 0 heterocycles. The third kappa shape index (κ3) is 6.00. The fraction of sp³-hybridized carbons (Fsp3) is 0.500. The van der Waals surface area contributed by atoms with Gasteiger partial charge in [0.15, 0.2) is 0 Å². The lowest BCUT2D eigenvalue weighted by Gasteiger charge is -2.17. The average molecular weight is 265 g/mol. The van der Waals surface area contributed by atoms with E-state index in [9.17, 15) is 13.2 Å². The van der Waals surface area contributed by atoms with Crippen LogP contribution in [0.4, 0.5) is 0 Å². The Morgan fingerprint density at radius 2 is 2.29 bits per heavy atom. The van der Waals surface area contributed by atoms with Gasteiger partial charge in [0.05, 0.1) is 5.71 Å². The Balaban J connectivity index is 0.00000256. The Bertz CT molecular complexity index is 428. The Hall–Kier alpha value is -1.45. The molecule has 1 aliphatic carbocycles. The predicted octanol–water partition coefficient (Wildman–Crippen LogP) is -1.33. The van der Waals surface area contributed by atoms with Gasteiger partial charge in [0.1, 0.15) is 0 Å².